The summed E-state index contributed by atoms with van der Waals surface area (Å²) in [6, 6.07) is 22.9. The maximum atomic E-state index is 13.9. The number of amides is 2. The second kappa shape index (κ2) is 7.58. The predicted molar refractivity (Wildman–Crippen MR) is 122 cm³/mol. The zero-order valence-electron chi connectivity index (χ0n) is 17.3. The molecule has 3 aromatic rings. The Hall–Kier alpha value is -3.18. The maximum Gasteiger partial charge on any atom is 0.259 e. The van der Waals surface area contributed by atoms with E-state index in [0.29, 0.717) is 11.3 Å². The Morgan fingerprint density at radius 1 is 0.967 bits per heavy atom. The molecule has 1 N–H and O–H groups in total. The second-order valence-corrected chi connectivity index (χ2v) is 9.28. The number of β-lactam (4-membered cyclic amide) rings is 1. The molecule has 0 radical (unpaired) electrons. The zero-order valence-corrected chi connectivity index (χ0v) is 18.1. The summed E-state index contributed by atoms with van der Waals surface area (Å²) >= 11 is 1.48. The maximum absolute atomic E-state index is 13.9. The van der Waals surface area contributed by atoms with Gasteiger partial charge in [-0.15, -0.1) is 11.3 Å². The van der Waals surface area contributed by atoms with Crippen LogP contribution in [0.3, 0.4) is 0 Å². The van der Waals surface area contributed by atoms with Crippen LogP contribution in [0, 0.1) is 0 Å². The molecule has 1 aliphatic rings. The molecule has 0 unspecified atom stereocenters. The molecule has 1 fully saturated rings. The number of para-hydroxylation sites is 1. The van der Waals surface area contributed by atoms with Gasteiger partial charge in [0, 0.05) is 16.1 Å². The number of hydrogen-bond donors (Lipinski definition) is 1. The third-order valence-corrected chi connectivity index (χ3v) is 5.96. The first-order valence-electron chi connectivity index (χ1n) is 9.87. The highest BCUT2D eigenvalue weighted by atomic mass is 32.1. The average molecular weight is 417 g/mol. The number of nitrogens with one attached hydrogen (secondary N) is 1. The van der Waals surface area contributed by atoms with Crippen LogP contribution in [0.15, 0.2) is 83.7 Å². The van der Waals surface area contributed by atoms with E-state index in [1.54, 1.807) is 4.90 Å². The monoisotopic (exact) mass is 416 g/mol. The van der Waals surface area contributed by atoms with Crippen molar-refractivity contribution < 1.29 is 9.59 Å². The lowest BCUT2D eigenvalue weighted by Gasteiger charge is -2.52. The van der Waals surface area contributed by atoms with Crippen molar-refractivity contribution in [3.05, 3.63) is 94.2 Å². The first-order valence-corrected chi connectivity index (χ1v) is 10.8. The molecule has 2 amide bonds. The molecule has 2 aromatic carbocycles. The van der Waals surface area contributed by atoms with Gasteiger partial charge >= 0.3 is 0 Å². The van der Waals surface area contributed by atoms with E-state index in [4.69, 9.17) is 0 Å². The molecule has 4 nitrogen and oxygen atoms in total. The largest absolute Gasteiger partial charge is 0.349 e. The highest BCUT2D eigenvalue weighted by Crippen LogP contribution is 2.51. The normalized spacial score (nSPS) is 20.2. The highest BCUT2D eigenvalue weighted by molar-refractivity contribution is 7.10. The molecule has 0 aliphatic carbocycles. The minimum absolute atomic E-state index is 0.164. The molecule has 1 aliphatic heterocycles. The number of carbonyl (C=O) groups excluding carboxylic acids is 2. The van der Waals surface area contributed by atoms with Crippen LogP contribution in [-0.2, 0) is 15.1 Å². The Kier molecular flexibility index (Phi) is 5.08. The van der Waals surface area contributed by atoms with Gasteiger partial charge in [0.05, 0.1) is 5.57 Å². The van der Waals surface area contributed by atoms with Gasteiger partial charge in [-0.3, -0.25) is 14.5 Å². The smallest absolute Gasteiger partial charge is 0.259 e. The van der Waals surface area contributed by atoms with Crippen molar-refractivity contribution in [1.82, 2.24) is 5.32 Å². The van der Waals surface area contributed by atoms with E-state index in [9.17, 15) is 9.59 Å². The third kappa shape index (κ3) is 3.35. The number of nitrogens with zero attached hydrogens (tertiary/aromatic N) is 1. The summed E-state index contributed by atoms with van der Waals surface area (Å²) in [4.78, 5) is 29.7. The molecule has 2 heterocycles. The van der Waals surface area contributed by atoms with Crippen molar-refractivity contribution >= 4 is 34.9 Å². The Balaban J connectivity index is 1.95. The Labute approximate surface area is 180 Å². The van der Waals surface area contributed by atoms with E-state index in [1.165, 1.54) is 11.3 Å². The molecule has 0 spiro atoms. The van der Waals surface area contributed by atoms with Crippen LogP contribution < -0.4 is 10.2 Å². The Bertz CT molecular complexity index is 1080. The SMILES string of the molecule is CC(C)(C)NC(=O)[C@]1(c2cccs2)/C(=C/c2ccccc2)C(=O)N1c1ccccc1. The van der Waals surface area contributed by atoms with E-state index in [0.717, 1.165) is 10.4 Å². The average Bonchev–Trinajstić information content (AvgIpc) is 3.24. The number of rotatable bonds is 4. The topological polar surface area (TPSA) is 49.4 Å². The van der Waals surface area contributed by atoms with E-state index >= 15 is 0 Å². The van der Waals surface area contributed by atoms with Gasteiger partial charge in [0.25, 0.3) is 11.8 Å². The van der Waals surface area contributed by atoms with Gasteiger partial charge in [-0.05, 0) is 56.0 Å². The standard InChI is InChI=1S/C25H24N2O2S/c1-24(2,3)26-23(29)25(21-15-10-16-30-21)20(17-18-11-6-4-7-12-18)22(28)27(25)19-13-8-5-9-14-19/h4-17H,1-3H3,(H,26,29)/b20-17+/t25-/m1/s1. The van der Waals surface area contributed by atoms with Crippen LogP contribution in [0.4, 0.5) is 5.69 Å². The van der Waals surface area contributed by atoms with Crippen molar-refractivity contribution in [1.29, 1.82) is 0 Å². The van der Waals surface area contributed by atoms with Crippen LogP contribution >= 0.6 is 11.3 Å². The summed E-state index contributed by atoms with van der Waals surface area (Å²) in [5, 5.41) is 5.06. The van der Waals surface area contributed by atoms with Crippen molar-refractivity contribution in [2.45, 2.75) is 31.8 Å². The molecule has 1 atom stereocenters. The number of benzene rings is 2. The number of carbonyl (C=O) groups is 2. The van der Waals surface area contributed by atoms with Crippen LogP contribution in [0.1, 0.15) is 31.2 Å². The van der Waals surface area contributed by atoms with Gasteiger partial charge in [-0.25, -0.2) is 0 Å². The lowest BCUT2D eigenvalue weighted by molar-refractivity contribution is -0.135. The minimum atomic E-state index is -1.21. The van der Waals surface area contributed by atoms with Gasteiger partial charge in [0.2, 0.25) is 0 Å². The molecule has 1 aromatic heterocycles. The summed E-state index contributed by atoms with van der Waals surface area (Å²) in [5.41, 5.74) is 0.403. The van der Waals surface area contributed by atoms with Crippen molar-refractivity contribution in [3.63, 3.8) is 0 Å². The lowest BCUT2D eigenvalue weighted by Crippen LogP contribution is -2.71. The second-order valence-electron chi connectivity index (χ2n) is 8.34. The summed E-state index contributed by atoms with van der Waals surface area (Å²) in [6.07, 6.45) is 1.84. The molecular weight excluding hydrogens is 392 g/mol. The molecule has 0 saturated carbocycles. The first-order chi connectivity index (χ1) is 14.3. The lowest BCUT2D eigenvalue weighted by atomic mass is 9.74. The quantitative estimate of drug-likeness (QED) is 0.481. The number of hydrogen-bond acceptors (Lipinski definition) is 3. The van der Waals surface area contributed by atoms with Crippen molar-refractivity contribution in [3.8, 4) is 0 Å². The molecule has 0 bridgehead atoms. The fourth-order valence-corrected chi connectivity index (χ4v) is 4.68. The van der Waals surface area contributed by atoms with E-state index in [2.05, 4.69) is 5.32 Å². The van der Waals surface area contributed by atoms with Crippen molar-refractivity contribution in [2.75, 3.05) is 4.90 Å². The fourth-order valence-electron chi connectivity index (χ4n) is 3.76. The molecule has 30 heavy (non-hydrogen) atoms. The fraction of sp³-hybridized carbons (Fsp3) is 0.200. The molecule has 4 rings (SSSR count). The summed E-state index contributed by atoms with van der Waals surface area (Å²) in [5.74, 6) is -0.370. The first kappa shape index (κ1) is 20.1. The molecule has 5 heteroatoms. The summed E-state index contributed by atoms with van der Waals surface area (Å²) < 4.78 is 0. The summed E-state index contributed by atoms with van der Waals surface area (Å²) in [6.45, 7) is 5.84. The van der Waals surface area contributed by atoms with E-state index in [-0.39, 0.29) is 11.8 Å². The van der Waals surface area contributed by atoms with Gasteiger partial charge in [0.15, 0.2) is 5.54 Å². The number of thiophene rings is 1. The van der Waals surface area contributed by atoms with Crippen LogP contribution in [0.2, 0.25) is 0 Å². The molecular formula is C25H24N2O2S. The predicted octanol–water partition coefficient (Wildman–Crippen LogP) is 4.99. The Morgan fingerprint density at radius 3 is 2.17 bits per heavy atom. The van der Waals surface area contributed by atoms with Gasteiger partial charge in [-0.2, -0.15) is 0 Å². The van der Waals surface area contributed by atoms with Crippen LogP contribution in [-0.4, -0.2) is 17.4 Å². The van der Waals surface area contributed by atoms with Gasteiger partial charge in [-0.1, -0.05) is 54.6 Å². The van der Waals surface area contributed by atoms with Gasteiger partial charge < -0.3 is 5.32 Å². The van der Waals surface area contributed by atoms with Crippen LogP contribution in [0.5, 0.6) is 0 Å². The van der Waals surface area contributed by atoms with Crippen LogP contribution in [0.25, 0.3) is 6.08 Å². The highest BCUT2D eigenvalue weighted by Gasteiger charge is 2.63. The molecule has 1 saturated heterocycles. The van der Waals surface area contributed by atoms with Gasteiger partial charge in [0.1, 0.15) is 0 Å². The minimum Gasteiger partial charge on any atom is -0.349 e. The van der Waals surface area contributed by atoms with Crippen molar-refractivity contribution in [2.24, 2.45) is 0 Å². The summed E-state index contributed by atoms with van der Waals surface area (Å²) in [7, 11) is 0. The zero-order chi connectivity index (χ0) is 21.4. The Morgan fingerprint density at radius 2 is 1.60 bits per heavy atom. The van der Waals surface area contributed by atoms with E-state index < -0.39 is 11.1 Å². The van der Waals surface area contributed by atoms with E-state index in [1.807, 2.05) is 105 Å². The number of anilines is 1. The third-order valence-electron chi connectivity index (χ3n) is 4.98. The molecule has 152 valence electrons.